The summed E-state index contributed by atoms with van der Waals surface area (Å²) in [6.07, 6.45) is 8.93. The first-order chi connectivity index (χ1) is 18.1. The Balaban J connectivity index is 1.08. The zero-order valence-corrected chi connectivity index (χ0v) is 23.4. The first-order valence-electron chi connectivity index (χ1n) is 14.7. The Bertz CT molecular complexity index is 1000. The van der Waals surface area contributed by atoms with Crippen molar-refractivity contribution in [3.63, 3.8) is 0 Å². The Morgan fingerprint density at radius 1 is 1.08 bits per heavy atom. The van der Waals surface area contributed by atoms with E-state index in [4.69, 9.17) is 4.74 Å². The van der Waals surface area contributed by atoms with Gasteiger partial charge in [-0.05, 0) is 120 Å². The number of hydrogen-bond acceptors (Lipinski definition) is 5. The van der Waals surface area contributed by atoms with E-state index in [0.717, 1.165) is 70.2 Å². The third-order valence-corrected chi connectivity index (χ3v) is 10.1. The molecule has 1 heterocycles. The first kappa shape index (κ1) is 27.4. The molecule has 4 aliphatic rings. The van der Waals surface area contributed by atoms with Gasteiger partial charge in [-0.2, -0.15) is 0 Å². The predicted octanol–water partition coefficient (Wildman–Crippen LogP) is 4.11. The minimum Gasteiger partial charge on any atom is -0.494 e. The maximum absolute atomic E-state index is 13.4. The van der Waals surface area contributed by atoms with E-state index in [1.54, 1.807) is 13.8 Å². The molecule has 4 fully saturated rings. The number of hydrogen-bond donors (Lipinski definition) is 2. The number of aliphatic hydroxyl groups is 2. The average Bonchev–Trinajstić information content (AvgIpc) is 3.08. The van der Waals surface area contributed by atoms with Crippen molar-refractivity contribution in [3.8, 4) is 5.75 Å². The Labute approximate surface area is 227 Å². The van der Waals surface area contributed by atoms with Gasteiger partial charge < -0.3 is 24.7 Å². The predicted molar refractivity (Wildman–Crippen MR) is 146 cm³/mol. The maximum atomic E-state index is 13.4. The van der Waals surface area contributed by atoms with Crippen molar-refractivity contribution in [2.45, 2.75) is 83.3 Å². The SMILES string of the molecule is CN(C(=O)c1ccc(OCCC2CCN(C(=O)C(C)(C)CO)CC2)cc1)C1CCC2CC3CC(O)(C2)CC31. The molecule has 3 saturated carbocycles. The molecule has 3 aliphatic carbocycles. The molecule has 2 amide bonds. The highest BCUT2D eigenvalue weighted by molar-refractivity contribution is 5.94. The van der Waals surface area contributed by atoms with Crippen molar-refractivity contribution < 1.29 is 24.5 Å². The van der Waals surface area contributed by atoms with Crippen molar-refractivity contribution in [3.05, 3.63) is 29.8 Å². The van der Waals surface area contributed by atoms with Crippen molar-refractivity contribution >= 4 is 11.8 Å². The third kappa shape index (κ3) is 5.60. The summed E-state index contributed by atoms with van der Waals surface area (Å²) in [7, 11) is 1.94. The summed E-state index contributed by atoms with van der Waals surface area (Å²) in [6.45, 7) is 5.54. The monoisotopic (exact) mass is 526 g/mol. The Hall–Kier alpha value is -2.12. The molecule has 5 unspecified atom stereocenters. The standard InChI is InChI=1S/C31H46N2O5/c1-30(2,20-34)29(36)33-13-10-21(11-14-33)12-15-38-25-7-5-23(6-8-25)28(35)32(3)27-9-4-22-16-24-18-31(37,17-22)19-26(24)27/h5-8,21-22,24,26-27,34,37H,4,9-20H2,1-3H3. The van der Waals surface area contributed by atoms with Gasteiger partial charge in [-0.15, -0.1) is 0 Å². The van der Waals surface area contributed by atoms with Gasteiger partial charge in [-0.3, -0.25) is 9.59 Å². The Kier molecular flexibility index (Phi) is 7.80. The second-order valence-corrected chi connectivity index (χ2v) is 13.4. The topological polar surface area (TPSA) is 90.3 Å². The van der Waals surface area contributed by atoms with Crippen LogP contribution in [0.5, 0.6) is 5.75 Å². The lowest BCUT2D eigenvalue weighted by molar-refractivity contribution is -0.143. The molecule has 38 heavy (non-hydrogen) atoms. The van der Waals surface area contributed by atoms with Crippen molar-refractivity contribution in [2.24, 2.45) is 29.1 Å². The van der Waals surface area contributed by atoms with Gasteiger partial charge in [-0.25, -0.2) is 0 Å². The number of piperidine rings is 1. The van der Waals surface area contributed by atoms with Crippen LogP contribution in [0.3, 0.4) is 0 Å². The van der Waals surface area contributed by atoms with E-state index in [9.17, 15) is 19.8 Å². The molecule has 0 radical (unpaired) electrons. The maximum Gasteiger partial charge on any atom is 0.253 e. The summed E-state index contributed by atoms with van der Waals surface area (Å²) in [4.78, 5) is 29.8. The highest BCUT2D eigenvalue weighted by atomic mass is 16.5. The summed E-state index contributed by atoms with van der Waals surface area (Å²) in [5, 5.41) is 20.5. The molecule has 2 N–H and O–H groups in total. The van der Waals surface area contributed by atoms with Gasteiger partial charge in [0.15, 0.2) is 0 Å². The highest BCUT2D eigenvalue weighted by Gasteiger charge is 2.54. The van der Waals surface area contributed by atoms with E-state index in [1.165, 1.54) is 6.42 Å². The summed E-state index contributed by atoms with van der Waals surface area (Å²) in [6, 6.07) is 7.73. The number of fused-ring (bicyclic) bond motifs is 2. The first-order valence-corrected chi connectivity index (χ1v) is 14.7. The van der Waals surface area contributed by atoms with Gasteiger partial charge >= 0.3 is 0 Å². The van der Waals surface area contributed by atoms with Crippen molar-refractivity contribution in [2.75, 3.05) is 33.4 Å². The number of nitrogens with zero attached hydrogens (tertiary/aromatic N) is 2. The fourth-order valence-electron chi connectivity index (χ4n) is 7.89. The Morgan fingerprint density at radius 3 is 2.47 bits per heavy atom. The zero-order valence-electron chi connectivity index (χ0n) is 23.4. The van der Waals surface area contributed by atoms with E-state index in [2.05, 4.69) is 0 Å². The molecule has 5 rings (SSSR count). The number of aliphatic hydroxyl groups excluding tert-OH is 1. The number of ether oxygens (including phenoxy) is 1. The molecule has 7 heteroatoms. The minimum atomic E-state index is -0.713. The van der Waals surface area contributed by atoms with E-state index in [0.29, 0.717) is 35.8 Å². The van der Waals surface area contributed by atoms with Crippen LogP contribution in [-0.2, 0) is 4.79 Å². The lowest BCUT2D eigenvalue weighted by atomic mass is 9.77. The number of amides is 2. The van der Waals surface area contributed by atoms with E-state index >= 15 is 0 Å². The summed E-state index contributed by atoms with van der Waals surface area (Å²) < 4.78 is 6.00. The quantitative estimate of drug-likeness (QED) is 0.532. The fraction of sp³-hybridized carbons (Fsp3) is 0.742. The fourth-order valence-corrected chi connectivity index (χ4v) is 7.89. The van der Waals surface area contributed by atoms with E-state index < -0.39 is 11.0 Å². The van der Waals surface area contributed by atoms with Gasteiger partial charge in [0.05, 0.1) is 24.2 Å². The second-order valence-electron chi connectivity index (χ2n) is 13.4. The van der Waals surface area contributed by atoms with E-state index in [1.807, 2.05) is 41.1 Å². The van der Waals surface area contributed by atoms with Crippen LogP contribution in [0.25, 0.3) is 0 Å². The largest absolute Gasteiger partial charge is 0.494 e. The molecule has 210 valence electrons. The van der Waals surface area contributed by atoms with Gasteiger partial charge in [0.25, 0.3) is 5.91 Å². The number of likely N-dealkylation sites (tertiary alicyclic amines) is 1. The number of benzene rings is 1. The molecule has 5 atom stereocenters. The van der Waals surface area contributed by atoms with Crippen LogP contribution in [0.15, 0.2) is 24.3 Å². The van der Waals surface area contributed by atoms with Crippen molar-refractivity contribution in [1.29, 1.82) is 0 Å². The second kappa shape index (κ2) is 10.8. The van der Waals surface area contributed by atoms with Gasteiger partial charge in [0.2, 0.25) is 5.91 Å². The third-order valence-electron chi connectivity index (χ3n) is 10.1. The molecule has 0 aromatic heterocycles. The normalized spacial score (nSPS) is 31.2. The molecule has 3 bridgehead atoms. The van der Waals surface area contributed by atoms with Crippen LogP contribution in [-0.4, -0.2) is 76.8 Å². The average molecular weight is 527 g/mol. The summed E-state index contributed by atoms with van der Waals surface area (Å²) >= 11 is 0. The molecule has 1 aromatic carbocycles. The van der Waals surface area contributed by atoms with Crippen LogP contribution >= 0.6 is 0 Å². The van der Waals surface area contributed by atoms with Gasteiger partial charge in [0.1, 0.15) is 5.75 Å². The van der Waals surface area contributed by atoms with Crippen molar-refractivity contribution in [1.82, 2.24) is 9.80 Å². The number of rotatable bonds is 8. The summed E-state index contributed by atoms with van der Waals surface area (Å²) in [5.74, 6) is 2.96. The van der Waals surface area contributed by atoms with Crippen LogP contribution in [0, 0.1) is 29.1 Å². The molecule has 1 saturated heterocycles. The molecule has 1 aromatic rings. The number of carbonyl (C=O) groups excluding carboxylic acids is 2. The van der Waals surface area contributed by atoms with Gasteiger partial charge in [-0.1, -0.05) is 0 Å². The molecular weight excluding hydrogens is 480 g/mol. The molecular formula is C31H46N2O5. The number of carbonyl (C=O) groups is 2. The smallest absolute Gasteiger partial charge is 0.253 e. The van der Waals surface area contributed by atoms with E-state index in [-0.39, 0.29) is 24.5 Å². The van der Waals surface area contributed by atoms with Crippen LogP contribution in [0.1, 0.15) is 82.0 Å². The molecule has 7 nitrogen and oxygen atoms in total. The highest BCUT2D eigenvalue weighted by Crippen LogP contribution is 2.56. The van der Waals surface area contributed by atoms with Gasteiger partial charge in [0, 0.05) is 31.7 Å². The lowest BCUT2D eigenvalue weighted by Gasteiger charge is -2.36. The lowest BCUT2D eigenvalue weighted by Crippen LogP contribution is -2.46. The van der Waals surface area contributed by atoms with Crippen LogP contribution in [0.4, 0.5) is 0 Å². The Morgan fingerprint density at radius 2 is 1.79 bits per heavy atom. The van der Waals surface area contributed by atoms with Crippen LogP contribution in [0.2, 0.25) is 0 Å². The minimum absolute atomic E-state index is 0.0333. The zero-order chi connectivity index (χ0) is 27.1. The molecule has 0 spiro atoms. The molecule has 1 aliphatic heterocycles. The van der Waals surface area contributed by atoms with Crippen LogP contribution < -0.4 is 4.74 Å². The summed E-state index contributed by atoms with van der Waals surface area (Å²) in [5.41, 5.74) is -0.522.